The molecule has 3 heteroatoms. The Morgan fingerprint density at radius 3 is 2.59 bits per heavy atom. The molecule has 1 aliphatic heterocycles. The number of aromatic nitrogens is 2. The van der Waals surface area contributed by atoms with Crippen LogP contribution in [0.25, 0.3) is 0 Å². The summed E-state index contributed by atoms with van der Waals surface area (Å²) in [6.07, 6.45) is 12.5. The summed E-state index contributed by atoms with van der Waals surface area (Å²) in [5.74, 6) is 0.938. The normalized spacial score (nSPS) is 16.9. The maximum atomic E-state index is 4.10. The van der Waals surface area contributed by atoms with E-state index in [0.717, 1.165) is 19.0 Å². The van der Waals surface area contributed by atoms with Gasteiger partial charge >= 0.3 is 0 Å². The number of piperidine rings is 1. The third-order valence-corrected chi connectivity index (χ3v) is 4.86. The Hall–Kier alpha value is -1.61. The number of imidazole rings is 1. The van der Waals surface area contributed by atoms with Crippen LogP contribution in [0.1, 0.15) is 31.2 Å². The molecule has 3 rings (SSSR count). The van der Waals surface area contributed by atoms with E-state index in [1.54, 1.807) is 0 Å². The SMILES string of the molecule is c1ccc(CCCC2CCN(CCn3ccnc3)CC2)cc1. The van der Waals surface area contributed by atoms with Gasteiger partial charge in [0.1, 0.15) is 0 Å². The van der Waals surface area contributed by atoms with Crippen LogP contribution in [0.2, 0.25) is 0 Å². The molecule has 2 heterocycles. The molecule has 0 unspecified atom stereocenters. The van der Waals surface area contributed by atoms with E-state index < -0.39 is 0 Å². The lowest BCUT2D eigenvalue weighted by molar-refractivity contribution is 0.172. The molecule has 0 atom stereocenters. The lowest BCUT2D eigenvalue weighted by Gasteiger charge is -2.32. The Kier molecular flexibility index (Phi) is 5.66. The number of hydrogen-bond donors (Lipinski definition) is 0. The van der Waals surface area contributed by atoms with Crippen molar-refractivity contribution in [3.63, 3.8) is 0 Å². The molecule has 0 bridgehead atoms. The summed E-state index contributed by atoms with van der Waals surface area (Å²) in [7, 11) is 0. The lowest BCUT2D eigenvalue weighted by atomic mass is 9.91. The van der Waals surface area contributed by atoms with Crippen LogP contribution in [-0.2, 0) is 13.0 Å². The zero-order chi connectivity index (χ0) is 15.0. The van der Waals surface area contributed by atoms with Crippen molar-refractivity contribution in [3.05, 3.63) is 54.6 Å². The maximum Gasteiger partial charge on any atom is 0.0946 e. The van der Waals surface area contributed by atoms with E-state index in [0.29, 0.717) is 0 Å². The third-order valence-electron chi connectivity index (χ3n) is 4.86. The minimum atomic E-state index is 0.938. The minimum Gasteiger partial charge on any atom is -0.336 e. The summed E-state index contributed by atoms with van der Waals surface area (Å²) in [6.45, 7) is 4.77. The quantitative estimate of drug-likeness (QED) is 0.778. The second kappa shape index (κ2) is 8.14. The zero-order valence-corrected chi connectivity index (χ0v) is 13.4. The van der Waals surface area contributed by atoms with E-state index in [2.05, 4.69) is 51.0 Å². The third kappa shape index (κ3) is 4.70. The first-order valence-corrected chi connectivity index (χ1v) is 8.62. The van der Waals surface area contributed by atoms with Crippen LogP contribution < -0.4 is 0 Å². The van der Waals surface area contributed by atoms with Gasteiger partial charge in [-0.25, -0.2) is 4.98 Å². The maximum absolute atomic E-state index is 4.10. The average molecular weight is 297 g/mol. The van der Waals surface area contributed by atoms with Gasteiger partial charge in [-0.05, 0) is 50.3 Å². The Labute approximate surface area is 134 Å². The van der Waals surface area contributed by atoms with E-state index in [-0.39, 0.29) is 0 Å². The smallest absolute Gasteiger partial charge is 0.0946 e. The Bertz CT molecular complexity index is 513. The van der Waals surface area contributed by atoms with Crippen molar-refractivity contribution < 1.29 is 0 Å². The molecule has 22 heavy (non-hydrogen) atoms. The molecule has 118 valence electrons. The van der Waals surface area contributed by atoms with E-state index in [1.165, 1.54) is 50.8 Å². The average Bonchev–Trinajstić information content (AvgIpc) is 3.09. The monoisotopic (exact) mass is 297 g/mol. The summed E-state index contributed by atoms with van der Waals surface area (Å²) >= 11 is 0. The van der Waals surface area contributed by atoms with Crippen molar-refractivity contribution in [2.24, 2.45) is 5.92 Å². The van der Waals surface area contributed by atoms with Crippen LogP contribution in [-0.4, -0.2) is 34.1 Å². The van der Waals surface area contributed by atoms with Gasteiger partial charge < -0.3 is 9.47 Å². The van der Waals surface area contributed by atoms with Gasteiger partial charge in [0.25, 0.3) is 0 Å². The largest absolute Gasteiger partial charge is 0.336 e. The highest BCUT2D eigenvalue weighted by molar-refractivity contribution is 5.14. The summed E-state index contributed by atoms with van der Waals surface area (Å²) in [5, 5.41) is 0. The highest BCUT2D eigenvalue weighted by Gasteiger charge is 2.18. The lowest BCUT2D eigenvalue weighted by Crippen LogP contribution is -2.35. The van der Waals surface area contributed by atoms with E-state index in [1.807, 2.05) is 12.5 Å². The molecule has 0 saturated carbocycles. The fourth-order valence-electron chi connectivity index (χ4n) is 3.41. The minimum absolute atomic E-state index is 0.938. The Balaban J connectivity index is 1.30. The molecule has 0 spiro atoms. The molecular weight excluding hydrogens is 270 g/mol. The second-order valence-electron chi connectivity index (χ2n) is 6.46. The van der Waals surface area contributed by atoms with Gasteiger partial charge in [0, 0.05) is 25.5 Å². The summed E-state index contributed by atoms with van der Waals surface area (Å²) < 4.78 is 2.17. The Morgan fingerprint density at radius 1 is 1.05 bits per heavy atom. The number of hydrogen-bond acceptors (Lipinski definition) is 2. The second-order valence-corrected chi connectivity index (χ2v) is 6.46. The molecule has 1 saturated heterocycles. The molecule has 0 radical (unpaired) electrons. The molecule has 0 amide bonds. The van der Waals surface area contributed by atoms with Crippen LogP contribution in [0.15, 0.2) is 49.1 Å². The van der Waals surface area contributed by atoms with Crippen molar-refractivity contribution in [3.8, 4) is 0 Å². The molecule has 1 aromatic carbocycles. The number of likely N-dealkylation sites (tertiary alicyclic amines) is 1. The summed E-state index contributed by atoms with van der Waals surface area (Å²) in [4.78, 5) is 6.71. The number of benzene rings is 1. The van der Waals surface area contributed by atoms with Crippen molar-refractivity contribution in [1.29, 1.82) is 0 Å². The van der Waals surface area contributed by atoms with Crippen molar-refractivity contribution in [2.75, 3.05) is 19.6 Å². The van der Waals surface area contributed by atoms with Crippen LogP contribution in [0.5, 0.6) is 0 Å². The molecule has 0 N–H and O–H groups in total. The predicted octanol–water partition coefficient (Wildman–Crippen LogP) is 3.62. The molecule has 1 fully saturated rings. The molecule has 0 aliphatic carbocycles. The van der Waals surface area contributed by atoms with E-state index in [4.69, 9.17) is 0 Å². The molecule has 1 aromatic heterocycles. The van der Waals surface area contributed by atoms with E-state index >= 15 is 0 Å². The first-order chi connectivity index (χ1) is 10.9. The molecular formula is C19H27N3. The van der Waals surface area contributed by atoms with Gasteiger partial charge in [0.15, 0.2) is 0 Å². The van der Waals surface area contributed by atoms with Crippen LogP contribution in [0.4, 0.5) is 0 Å². The van der Waals surface area contributed by atoms with Gasteiger partial charge in [0.05, 0.1) is 6.33 Å². The number of rotatable bonds is 7. The molecule has 3 nitrogen and oxygen atoms in total. The number of nitrogens with zero attached hydrogens (tertiary/aromatic N) is 3. The molecule has 2 aromatic rings. The summed E-state index contributed by atoms with van der Waals surface area (Å²) in [5.41, 5.74) is 1.49. The van der Waals surface area contributed by atoms with Crippen molar-refractivity contribution >= 4 is 0 Å². The van der Waals surface area contributed by atoms with E-state index in [9.17, 15) is 0 Å². The van der Waals surface area contributed by atoms with Crippen molar-refractivity contribution in [1.82, 2.24) is 14.5 Å². The number of aryl methyl sites for hydroxylation is 1. The topological polar surface area (TPSA) is 21.1 Å². The van der Waals surface area contributed by atoms with Crippen LogP contribution in [0, 0.1) is 5.92 Å². The highest BCUT2D eigenvalue weighted by Crippen LogP contribution is 2.22. The Morgan fingerprint density at radius 2 is 1.86 bits per heavy atom. The van der Waals surface area contributed by atoms with Crippen LogP contribution >= 0.6 is 0 Å². The molecule has 1 aliphatic rings. The van der Waals surface area contributed by atoms with Gasteiger partial charge in [-0.15, -0.1) is 0 Å². The first-order valence-electron chi connectivity index (χ1n) is 8.62. The predicted molar refractivity (Wildman–Crippen MR) is 90.8 cm³/mol. The van der Waals surface area contributed by atoms with Gasteiger partial charge in [-0.2, -0.15) is 0 Å². The standard InChI is InChI=1S/C19H27N3/c1-2-5-18(6-3-1)7-4-8-19-9-12-21(13-10-19)15-16-22-14-11-20-17-22/h1-3,5-6,11,14,17,19H,4,7-10,12-13,15-16H2. The van der Waals surface area contributed by atoms with Crippen molar-refractivity contribution in [2.45, 2.75) is 38.6 Å². The van der Waals surface area contributed by atoms with Gasteiger partial charge in [-0.3, -0.25) is 0 Å². The fourth-order valence-corrected chi connectivity index (χ4v) is 3.41. The van der Waals surface area contributed by atoms with Gasteiger partial charge in [-0.1, -0.05) is 36.8 Å². The first kappa shape index (κ1) is 15.3. The summed E-state index contributed by atoms with van der Waals surface area (Å²) in [6, 6.07) is 10.9. The zero-order valence-electron chi connectivity index (χ0n) is 13.4. The highest BCUT2D eigenvalue weighted by atomic mass is 15.2. The fraction of sp³-hybridized carbons (Fsp3) is 0.526. The van der Waals surface area contributed by atoms with Crippen LogP contribution in [0.3, 0.4) is 0 Å². The van der Waals surface area contributed by atoms with Gasteiger partial charge in [0.2, 0.25) is 0 Å².